The maximum absolute atomic E-state index is 12.3. The molecule has 1 fully saturated rings. The quantitative estimate of drug-likeness (QED) is 0.359. The van der Waals surface area contributed by atoms with Gasteiger partial charge in [0, 0.05) is 30.6 Å². The Bertz CT molecular complexity index is 1430. The molecule has 1 saturated heterocycles. The van der Waals surface area contributed by atoms with E-state index >= 15 is 0 Å². The molecular weight excluding hydrogens is 474 g/mol. The van der Waals surface area contributed by atoms with Gasteiger partial charge in [0.1, 0.15) is 17.9 Å². The van der Waals surface area contributed by atoms with E-state index in [-0.39, 0.29) is 23.7 Å². The Labute approximate surface area is 202 Å². The standard InChI is InChI=1S/C25H25NO8S/c1-16-11-24(28)34-22-12-20(7-8-21(16)22)32-13-17-3-5-18(6-4-17)25(29)33-14-23(27)26(2)19-9-10-35(30,31)15-19/h3-8,11-12,19H,9-10,13-15H2,1-2H3/t19-/m0/s1. The lowest BCUT2D eigenvalue weighted by Crippen LogP contribution is -2.40. The molecule has 0 spiro atoms. The number of ether oxygens (including phenoxy) is 2. The lowest BCUT2D eigenvalue weighted by Gasteiger charge is -2.23. The molecule has 0 saturated carbocycles. The van der Waals surface area contributed by atoms with Crippen LogP contribution in [0, 0.1) is 6.92 Å². The number of fused-ring (bicyclic) bond motifs is 1. The second kappa shape index (κ2) is 9.91. The van der Waals surface area contributed by atoms with E-state index in [2.05, 4.69) is 0 Å². The zero-order valence-corrected chi connectivity index (χ0v) is 20.2. The van der Waals surface area contributed by atoms with E-state index in [1.54, 1.807) is 36.4 Å². The monoisotopic (exact) mass is 499 g/mol. The molecule has 0 unspecified atom stereocenters. The normalized spacial score (nSPS) is 16.7. The van der Waals surface area contributed by atoms with Crippen LogP contribution in [0.25, 0.3) is 11.0 Å². The van der Waals surface area contributed by atoms with Crippen LogP contribution in [0.1, 0.15) is 27.9 Å². The number of carbonyl (C=O) groups excluding carboxylic acids is 2. The molecule has 1 atom stereocenters. The molecule has 2 aromatic carbocycles. The van der Waals surface area contributed by atoms with Crippen LogP contribution in [-0.4, -0.2) is 56.4 Å². The van der Waals surface area contributed by atoms with Crippen molar-refractivity contribution < 1.29 is 31.9 Å². The average Bonchev–Trinajstić information content (AvgIpc) is 3.20. The Morgan fingerprint density at radius 3 is 2.54 bits per heavy atom. The minimum Gasteiger partial charge on any atom is -0.489 e. The minimum absolute atomic E-state index is 0.0576. The van der Waals surface area contributed by atoms with Crippen LogP contribution in [0.2, 0.25) is 0 Å². The minimum atomic E-state index is -3.12. The van der Waals surface area contributed by atoms with Gasteiger partial charge < -0.3 is 18.8 Å². The van der Waals surface area contributed by atoms with Crippen molar-refractivity contribution in [3.05, 3.63) is 75.6 Å². The Balaban J connectivity index is 1.30. The highest BCUT2D eigenvalue weighted by molar-refractivity contribution is 7.91. The van der Waals surface area contributed by atoms with Gasteiger partial charge in [-0.3, -0.25) is 4.79 Å². The average molecular weight is 500 g/mol. The fraction of sp³-hybridized carbons (Fsp3) is 0.320. The van der Waals surface area contributed by atoms with Crippen LogP contribution in [0.3, 0.4) is 0 Å². The fourth-order valence-electron chi connectivity index (χ4n) is 3.90. The van der Waals surface area contributed by atoms with Crippen LogP contribution in [0.15, 0.2) is 57.7 Å². The summed E-state index contributed by atoms with van der Waals surface area (Å²) in [5, 5.41) is 0.831. The summed E-state index contributed by atoms with van der Waals surface area (Å²) >= 11 is 0. The van der Waals surface area contributed by atoms with Crippen molar-refractivity contribution in [1.82, 2.24) is 4.90 Å². The Morgan fingerprint density at radius 1 is 1.11 bits per heavy atom. The Hall–Kier alpha value is -3.66. The topological polar surface area (TPSA) is 120 Å². The third-order valence-corrected chi connectivity index (χ3v) is 7.74. The predicted molar refractivity (Wildman–Crippen MR) is 128 cm³/mol. The van der Waals surface area contributed by atoms with Gasteiger partial charge in [0.05, 0.1) is 17.1 Å². The number of esters is 1. The molecule has 1 aromatic heterocycles. The second-order valence-electron chi connectivity index (χ2n) is 8.53. The zero-order valence-electron chi connectivity index (χ0n) is 19.4. The van der Waals surface area contributed by atoms with Gasteiger partial charge in [-0.2, -0.15) is 0 Å². The number of likely N-dealkylation sites (N-methyl/N-ethyl adjacent to an activating group) is 1. The second-order valence-corrected chi connectivity index (χ2v) is 10.8. The highest BCUT2D eigenvalue weighted by Crippen LogP contribution is 2.23. The van der Waals surface area contributed by atoms with Crippen LogP contribution in [0.5, 0.6) is 5.75 Å². The molecule has 2 heterocycles. The molecule has 1 aliphatic rings. The third kappa shape index (κ3) is 5.89. The molecule has 1 aliphatic heterocycles. The first-order chi connectivity index (χ1) is 16.6. The predicted octanol–water partition coefficient (Wildman–Crippen LogP) is 2.48. The maximum Gasteiger partial charge on any atom is 0.338 e. The van der Waals surface area contributed by atoms with Crippen molar-refractivity contribution >= 4 is 32.7 Å². The van der Waals surface area contributed by atoms with E-state index in [0.29, 0.717) is 17.8 Å². The number of benzene rings is 2. The molecule has 3 aromatic rings. The van der Waals surface area contributed by atoms with E-state index in [1.807, 2.05) is 13.0 Å². The molecule has 184 valence electrons. The molecule has 0 N–H and O–H groups in total. The van der Waals surface area contributed by atoms with E-state index in [0.717, 1.165) is 16.5 Å². The van der Waals surface area contributed by atoms with Crippen molar-refractivity contribution in [2.45, 2.75) is 26.0 Å². The molecule has 1 amide bonds. The van der Waals surface area contributed by atoms with Crippen molar-refractivity contribution in [2.24, 2.45) is 0 Å². The van der Waals surface area contributed by atoms with Gasteiger partial charge in [-0.25, -0.2) is 18.0 Å². The number of nitrogens with zero attached hydrogens (tertiary/aromatic N) is 1. The lowest BCUT2D eigenvalue weighted by molar-refractivity contribution is -0.134. The van der Waals surface area contributed by atoms with Gasteiger partial charge in [-0.1, -0.05) is 12.1 Å². The molecule has 0 aliphatic carbocycles. The largest absolute Gasteiger partial charge is 0.489 e. The number of carbonyl (C=O) groups is 2. The number of hydrogen-bond donors (Lipinski definition) is 0. The summed E-state index contributed by atoms with van der Waals surface area (Å²) in [5.74, 6) is -0.584. The van der Waals surface area contributed by atoms with Crippen LogP contribution in [0.4, 0.5) is 0 Å². The van der Waals surface area contributed by atoms with Crippen molar-refractivity contribution in [1.29, 1.82) is 0 Å². The summed E-state index contributed by atoms with van der Waals surface area (Å²) in [6.07, 6.45) is 0.384. The number of aryl methyl sites for hydroxylation is 1. The summed E-state index contributed by atoms with van der Waals surface area (Å²) < 4.78 is 39.3. The first kappa shape index (κ1) is 24.5. The Morgan fingerprint density at radius 2 is 1.86 bits per heavy atom. The van der Waals surface area contributed by atoms with Gasteiger partial charge in [0.25, 0.3) is 5.91 Å². The first-order valence-electron chi connectivity index (χ1n) is 11.0. The molecule has 0 radical (unpaired) electrons. The van der Waals surface area contributed by atoms with E-state index < -0.39 is 40.0 Å². The summed E-state index contributed by atoms with van der Waals surface area (Å²) in [4.78, 5) is 37.5. The van der Waals surface area contributed by atoms with Crippen molar-refractivity contribution in [3.63, 3.8) is 0 Å². The SMILES string of the molecule is Cc1cc(=O)oc2cc(OCc3ccc(C(=O)OCC(=O)N(C)[C@H]4CCS(=O)(=O)C4)cc3)ccc12. The molecule has 10 heteroatoms. The van der Waals surface area contributed by atoms with Gasteiger partial charge in [0.2, 0.25) is 0 Å². The summed E-state index contributed by atoms with van der Waals surface area (Å²) in [7, 11) is -1.60. The van der Waals surface area contributed by atoms with Gasteiger partial charge in [0.15, 0.2) is 16.4 Å². The molecule has 4 rings (SSSR count). The first-order valence-corrected chi connectivity index (χ1v) is 12.8. The van der Waals surface area contributed by atoms with E-state index in [9.17, 15) is 22.8 Å². The molecule has 0 bridgehead atoms. The lowest BCUT2D eigenvalue weighted by atomic mass is 10.1. The van der Waals surface area contributed by atoms with Crippen LogP contribution in [-0.2, 0) is 26.0 Å². The number of hydrogen-bond acceptors (Lipinski definition) is 8. The van der Waals surface area contributed by atoms with E-state index in [4.69, 9.17) is 13.9 Å². The molecule has 9 nitrogen and oxygen atoms in total. The number of sulfone groups is 1. The van der Waals surface area contributed by atoms with Crippen LogP contribution < -0.4 is 10.4 Å². The van der Waals surface area contributed by atoms with E-state index in [1.165, 1.54) is 18.0 Å². The molecular formula is C25H25NO8S. The van der Waals surface area contributed by atoms with Gasteiger partial charge >= 0.3 is 11.6 Å². The smallest absolute Gasteiger partial charge is 0.338 e. The van der Waals surface area contributed by atoms with Crippen LogP contribution >= 0.6 is 0 Å². The Kier molecular flexibility index (Phi) is 6.93. The third-order valence-electron chi connectivity index (χ3n) is 5.99. The summed E-state index contributed by atoms with van der Waals surface area (Å²) in [5.41, 5.74) is 1.92. The summed E-state index contributed by atoms with van der Waals surface area (Å²) in [6, 6.07) is 12.9. The number of rotatable bonds is 7. The number of amides is 1. The van der Waals surface area contributed by atoms with Crippen molar-refractivity contribution in [2.75, 3.05) is 25.2 Å². The fourth-order valence-corrected chi connectivity index (χ4v) is 5.67. The molecule has 35 heavy (non-hydrogen) atoms. The van der Waals surface area contributed by atoms with Gasteiger partial charge in [-0.05, 0) is 48.7 Å². The van der Waals surface area contributed by atoms with Crippen molar-refractivity contribution in [3.8, 4) is 5.75 Å². The highest BCUT2D eigenvalue weighted by atomic mass is 32.2. The zero-order chi connectivity index (χ0) is 25.2. The highest BCUT2D eigenvalue weighted by Gasteiger charge is 2.33. The maximum atomic E-state index is 12.3. The summed E-state index contributed by atoms with van der Waals surface area (Å²) in [6.45, 7) is 1.60. The van der Waals surface area contributed by atoms with Gasteiger partial charge in [-0.15, -0.1) is 0 Å².